The molecule has 6 aromatic carbocycles. The molecule has 0 aliphatic carbocycles. The molecule has 0 aromatic heterocycles. The summed E-state index contributed by atoms with van der Waals surface area (Å²) in [7, 11) is 4.56. The fourth-order valence-electron chi connectivity index (χ4n) is 5.33. The van der Waals surface area contributed by atoms with Crippen molar-refractivity contribution >= 4 is 69.0 Å². The van der Waals surface area contributed by atoms with Gasteiger partial charge in [0, 0.05) is 65.9 Å². The van der Waals surface area contributed by atoms with Gasteiger partial charge in [0.25, 0.3) is 5.91 Å². The van der Waals surface area contributed by atoms with E-state index in [9.17, 15) is 23.6 Å². The Morgan fingerprint density at radius 1 is 0.500 bits per heavy atom. The number of ether oxygens (including phenoxy) is 3. The van der Waals surface area contributed by atoms with Crippen LogP contribution in [0.5, 0.6) is 17.2 Å². The predicted octanol–water partition coefficient (Wildman–Crippen LogP) is 7.53. The lowest BCUT2D eigenvalue weighted by Gasteiger charge is -2.11. The van der Waals surface area contributed by atoms with Gasteiger partial charge < -0.3 is 58.8 Å². The molecule has 0 aliphatic heterocycles. The Kier molecular flexibility index (Phi) is 18.1. The number of anilines is 8. The van der Waals surface area contributed by atoms with Crippen molar-refractivity contribution in [3.8, 4) is 17.2 Å². The summed E-state index contributed by atoms with van der Waals surface area (Å²) in [6.07, 6.45) is 0. The lowest BCUT2D eigenvalue weighted by molar-refractivity contribution is -0.115. The second-order valence-electron chi connectivity index (χ2n) is 13.2. The van der Waals surface area contributed by atoms with Crippen LogP contribution in [0.2, 0.25) is 0 Å². The Morgan fingerprint density at radius 2 is 1.00 bits per heavy atom. The monoisotopic (exact) mass is 846 g/mol. The standard InChI is InChI=1S/C15H14N2O2.C14H13FN2O2.C10H14N2O2.C7H10N2O/c1-10(18)17-14-8-7-12(16)9-13(14)15(19)11-5-3-2-4-6-11;1-19-13-8-9(16)6-7-12(13)17-14(18)10-4-2-3-5-11(10)15;1-6-4-9(12-7(2)13)10(14-3)5-8(6)11;1-10-7-4-5(8)2-3-6(7)9/h2-9H,16H2,1H3,(H,17,18);2-8H,16H2,1H3,(H,17,18);4-5H,11H2,1-3H3,(H,12,13);2-4H,8-9H2,1H3. The van der Waals surface area contributed by atoms with E-state index in [1.807, 2.05) is 13.0 Å². The lowest BCUT2D eigenvalue weighted by atomic mass is 10.0. The Morgan fingerprint density at radius 3 is 1.56 bits per heavy atom. The smallest absolute Gasteiger partial charge is 0.258 e. The Bertz CT molecular complexity index is 2500. The number of benzene rings is 6. The highest BCUT2D eigenvalue weighted by atomic mass is 19.1. The van der Waals surface area contributed by atoms with Crippen LogP contribution in [0.3, 0.4) is 0 Å². The molecule has 0 atom stereocenters. The van der Waals surface area contributed by atoms with Gasteiger partial charge in [0.2, 0.25) is 11.8 Å². The fraction of sp³-hybridized carbons (Fsp3) is 0.130. The number of methoxy groups -OCH3 is 3. The largest absolute Gasteiger partial charge is 0.495 e. The molecule has 0 unspecified atom stereocenters. The number of nitrogen functional groups attached to an aromatic ring is 5. The molecule has 0 heterocycles. The summed E-state index contributed by atoms with van der Waals surface area (Å²) in [6, 6.07) is 32.9. The molecule has 0 aliphatic rings. The minimum absolute atomic E-state index is 0.0265. The number of hydrogen-bond acceptors (Lipinski definition) is 12. The van der Waals surface area contributed by atoms with Crippen LogP contribution in [0.4, 0.5) is 49.9 Å². The summed E-state index contributed by atoms with van der Waals surface area (Å²) < 4.78 is 28.6. The number of carbonyl (C=O) groups excluding carboxylic acids is 4. The molecule has 0 bridgehead atoms. The number of hydrogen-bond donors (Lipinski definition) is 8. The molecule has 324 valence electrons. The minimum atomic E-state index is -0.575. The molecule has 0 fully saturated rings. The van der Waals surface area contributed by atoms with Gasteiger partial charge >= 0.3 is 0 Å². The maximum atomic E-state index is 13.5. The summed E-state index contributed by atoms with van der Waals surface area (Å²) in [4.78, 5) is 46.4. The van der Waals surface area contributed by atoms with Crippen molar-refractivity contribution in [2.45, 2.75) is 20.8 Å². The molecule has 13 N–H and O–H groups in total. The number of carbonyl (C=O) groups is 4. The number of aryl methyl sites for hydroxylation is 1. The van der Waals surface area contributed by atoms with E-state index in [0.717, 1.165) is 5.56 Å². The van der Waals surface area contributed by atoms with Gasteiger partial charge in [0.05, 0.1) is 49.6 Å². The number of ketones is 1. The van der Waals surface area contributed by atoms with E-state index in [2.05, 4.69) is 16.0 Å². The number of amides is 3. The summed E-state index contributed by atoms with van der Waals surface area (Å²) in [5.74, 6) is -0.0282. The first-order chi connectivity index (χ1) is 29.5. The first kappa shape index (κ1) is 48.1. The molecule has 6 rings (SSSR count). The molecule has 0 spiro atoms. The van der Waals surface area contributed by atoms with Crippen LogP contribution in [0.25, 0.3) is 0 Å². The topological polar surface area (TPSA) is 262 Å². The van der Waals surface area contributed by atoms with Gasteiger partial charge in [-0.05, 0) is 73.2 Å². The van der Waals surface area contributed by atoms with Gasteiger partial charge in [-0.1, -0.05) is 42.5 Å². The first-order valence-corrected chi connectivity index (χ1v) is 18.6. The van der Waals surface area contributed by atoms with Crippen LogP contribution in [-0.4, -0.2) is 44.8 Å². The Balaban J connectivity index is 0.000000226. The normalized spacial score (nSPS) is 9.79. The van der Waals surface area contributed by atoms with E-state index in [1.165, 1.54) is 46.3 Å². The summed E-state index contributed by atoms with van der Waals surface area (Å²) in [6.45, 7) is 4.72. The van der Waals surface area contributed by atoms with E-state index in [1.54, 1.807) is 104 Å². The third-order valence-corrected chi connectivity index (χ3v) is 8.38. The van der Waals surface area contributed by atoms with E-state index >= 15 is 0 Å². The minimum Gasteiger partial charge on any atom is -0.495 e. The molecule has 62 heavy (non-hydrogen) atoms. The van der Waals surface area contributed by atoms with Crippen molar-refractivity contribution in [3.05, 3.63) is 149 Å². The van der Waals surface area contributed by atoms with E-state index < -0.39 is 11.7 Å². The van der Waals surface area contributed by atoms with Crippen LogP contribution < -0.4 is 58.8 Å². The molecule has 16 heteroatoms. The van der Waals surface area contributed by atoms with Crippen LogP contribution in [0.1, 0.15) is 45.7 Å². The zero-order chi connectivity index (χ0) is 45.9. The molecule has 3 amide bonds. The molecular weight excluding hydrogens is 796 g/mol. The van der Waals surface area contributed by atoms with Gasteiger partial charge in [0.1, 0.15) is 23.1 Å². The van der Waals surface area contributed by atoms with Crippen LogP contribution in [0, 0.1) is 12.7 Å². The van der Waals surface area contributed by atoms with Gasteiger partial charge in [0.15, 0.2) is 5.78 Å². The molecule has 0 saturated carbocycles. The summed E-state index contributed by atoms with van der Waals surface area (Å²) >= 11 is 0. The summed E-state index contributed by atoms with van der Waals surface area (Å²) in [5, 5.41) is 7.90. The van der Waals surface area contributed by atoms with Crippen LogP contribution in [-0.2, 0) is 9.59 Å². The van der Waals surface area contributed by atoms with Crippen LogP contribution >= 0.6 is 0 Å². The predicted molar refractivity (Wildman–Crippen MR) is 245 cm³/mol. The number of halogens is 1. The van der Waals surface area contributed by atoms with E-state index in [4.69, 9.17) is 42.9 Å². The van der Waals surface area contributed by atoms with Gasteiger partial charge in [-0.3, -0.25) is 19.2 Å². The maximum Gasteiger partial charge on any atom is 0.258 e. The average molecular weight is 847 g/mol. The highest BCUT2D eigenvalue weighted by Crippen LogP contribution is 2.30. The third-order valence-electron chi connectivity index (χ3n) is 8.38. The number of nitrogens with two attached hydrogens (primary N) is 5. The molecule has 0 radical (unpaired) electrons. The number of rotatable bonds is 9. The first-order valence-electron chi connectivity index (χ1n) is 18.6. The van der Waals surface area contributed by atoms with Crippen LogP contribution in [0.15, 0.2) is 121 Å². The molecular formula is C46H51FN8O7. The molecule has 15 nitrogen and oxygen atoms in total. The van der Waals surface area contributed by atoms with Crippen molar-refractivity contribution < 1.29 is 37.8 Å². The van der Waals surface area contributed by atoms with Gasteiger partial charge in [-0.25, -0.2) is 4.39 Å². The fourth-order valence-corrected chi connectivity index (χ4v) is 5.33. The van der Waals surface area contributed by atoms with E-state index in [-0.39, 0.29) is 23.2 Å². The summed E-state index contributed by atoms with van der Waals surface area (Å²) in [5.41, 5.74) is 34.3. The van der Waals surface area contributed by atoms with Crippen molar-refractivity contribution in [2.24, 2.45) is 0 Å². The van der Waals surface area contributed by atoms with E-state index in [0.29, 0.717) is 73.9 Å². The highest BCUT2D eigenvalue weighted by molar-refractivity contribution is 6.14. The molecule has 6 aromatic rings. The van der Waals surface area contributed by atoms with Gasteiger partial charge in [-0.15, -0.1) is 0 Å². The van der Waals surface area contributed by atoms with Crippen molar-refractivity contribution in [1.29, 1.82) is 0 Å². The zero-order valence-corrected chi connectivity index (χ0v) is 35.2. The zero-order valence-electron chi connectivity index (χ0n) is 35.2. The SMILES string of the molecule is CC(=O)Nc1ccc(N)cc1C(=O)c1ccccc1.COc1cc(N)c(C)cc1NC(C)=O.COc1cc(N)ccc1N.COc1cc(N)ccc1NC(=O)c1ccccc1F. The second kappa shape index (κ2) is 23.4. The highest BCUT2D eigenvalue weighted by Gasteiger charge is 2.16. The van der Waals surface area contributed by atoms with Crippen molar-refractivity contribution in [2.75, 3.05) is 65.9 Å². The Labute approximate surface area is 359 Å². The van der Waals surface area contributed by atoms with Gasteiger partial charge in [-0.2, -0.15) is 0 Å². The number of nitrogens with one attached hydrogen (secondary N) is 3. The third kappa shape index (κ3) is 14.5. The second-order valence-corrected chi connectivity index (χ2v) is 13.2. The maximum absolute atomic E-state index is 13.5. The van der Waals surface area contributed by atoms with Crippen molar-refractivity contribution in [3.63, 3.8) is 0 Å². The lowest BCUT2D eigenvalue weighted by Crippen LogP contribution is -2.14. The quantitative estimate of drug-likeness (QED) is 0.0519. The molecule has 0 saturated heterocycles. The Hall–Kier alpha value is -8.27. The van der Waals surface area contributed by atoms with Crippen molar-refractivity contribution in [1.82, 2.24) is 0 Å². The average Bonchev–Trinajstić information content (AvgIpc) is 3.24.